The lowest BCUT2D eigenvalue weighted by atomic mass is 10.2. The summed E-state index contributed by atoms with van der Waals surface area (Å²) >= 11 is 7.33. The van der Waals surface area contributed by atoms with Crippen molar-refractivity contribution < 1.29 is 13.2 Å². The second-order valence-corrected chi connectivity index (χ2v) is 10.3. The lowest BCUT2D eigenvalue weighted by Gasteiger charge is -2.31. The summed E-state index contributed by atoms with van der Waals surface area (Å²) in [6.45, 7) is 5.24. The van der Waals surface area contributed by atoms with Crippen molar-refractivity contribution in [3.8, 4) is 5.75 Å². The molecule has 0 atom stereocenters. The number of piperazine rings is 1. The summed E-state index contributed by atoms with van der Waals surface area (Å²) in [4.78, 5) is 2.19. The van der Waals surface area contributed by atoms with Crippen LogP contribution in [0.3, 0.4) is 0 Å². The van der Waals surface area contributed by atoms with Gasteiger partial charge in [0, 0.05) is 35.9 Å². The first-order valence-corrected chi connectivity index (χ1v) is 11.9. The Balaban J connectivity index is 0.00000171. The van der Waals surface area contributed by atoms with E-state index >= 15 is 0 Å². The summed E-state index contributed by atoms with van der Waals surface area (Å²) in [6, 6.07) is 10.8. The first kappa shape index (κ1) is 25.8. The molecule has 11 heteroatoms. The smallest absolute Gasteiger partial charge is 0.271 e. The minimum atomic E-state index is -3.73. The van der Waals surface area contributed by atoms with Gasteiger partial charge in [-0.25, -0.2) is 8.42 Å². The van der Waals surface area contributed by atoms with E-state index in [0.717, 1.165) is 47.7 Å². The van der Waals surface area contributed by atoms with Gasteiger partial charge in [0.2, 0.25) is 0 Å². The van der Waals surface area contributed by atoms with Gasteiger partial charge in [-0.3, -0.25) is 4.72 Å². The topological polar surface area (TPSA) is 70.7 Å². The van der Waals surface area contributed by atoms with E-state index in [-0.39, 0.29) is 24.8 Å². The molecule has 0 amide bonds. The number of sulfonamides is 1. The molecule has 2 N–H and O–H groups in total. The molecule has 1 fully saturated rings. The highest BCUT2D eigenvalue weighted by Crippen LogP contribution is 2.37. The van der Waals surface area contributed by atoms with Crippen molar-refractivity contribution in [3.05, 3.63) is 47.0 Å². The second-order valence-electron chi connectivity index (χ2n) is 6.88. The molecular weight excluding hydrogens is 501 g/mol. The molecule has 0 bridgehead atoms. The van der Waals surface area contributed by atoms with E-state index in [2.05, 4.69) is 14.9 Å². The molecule has 0 spiro atoms. The summed E-state index contributed by atoms with van der Waals surface area (Å²) in [5.41, 5.74) is 2.10. The fourth-order valence-corrected chi connectivity index (χ4v) is 6.50. The largest absolute Gasteiger partial charge is 0.495 e. The Kier molecular flexibility index (Phi) is 8.72. The molecular formula is C20H24Cl3N3O3S2. The predicted molar refractivity (Wildman–Crippen MR) is 135 cm³/mol. The number of ether oxygens (including phenoxy) is 1. The van der Waals surface area contributed by atoms with Crippen molar-refractivity contribution in [2.75, 3.05) is 42.9 Å². The quantitative estimate of drug-likeness (QED) is 0.495. The van der Waals surface area contributed by atoms with Crippen molar-refractivity contribution in [1.82, 2.24) is 5.32 Å². The molecule has 1 saturated heterocycles. The molecule has 170 valence electrons. The molecule has 1 aliphatic rings. The van der Waals surface area contributed by atoms with Crippen molar-refractivity contribution in [1.29, 1.82) is 0 Å². The number of rotatable bonds is 5. The van der Waals surface area contributed by atoms with E-state index in [4.69, 9.17) is 16.3 Å². The molecule has 0 radical (unpaired) electrons. The Morgan fingerprint density at radius 1 is 1.13 bits per heavy atom. The Bertz CT molecular complexity index is 1160. The third kappa shape index (κ3) is 5.32. The summed E-state index contributed by atoms with van der Waals surface area (Å²) in [5.74, 6) is 0.725. The molecule has 1 aliphatic heterocycles. The maximum atomic E-state index is 13.1. The van der Waals surface area contributed by atoms with Crippen LogP contribution < -0.4 is 19.7 Å². The average molecular weight is 525 g/mol. The molecule has 0 saturated carbocycles. The van der Waals surface area contributed by atoms with E-state index in [1.54, 1.807) is 31.4 Å². The van der Waals surface area contributed by atoms with Crippen molar-refractivity contribution >= 4 is 79.2 Å². The van der Waals surface area contributed by atoms with Gasteiger partial charge < -0.3 is 15.0 Å². The minimum Gasteiger partial charge on any atom is -0.495 e. The number of anilines is 2. The molecule has 0 aliphatic carbocycles. The maximum absolute atomic E-state index is 13.1. The number of nitrogens with zero attached hydrogens (tertiary/aromatic N) is 1. The number of halogens is 3. The fraction of sp³-hybridized carbons (Fsp3) is 0.300. The Hall–Kier alpha value is -1.42. The lowest BCUT2D eigenvalue weighted by molar-refractivity contribution is 0.413. The Morgan fingerprint density at radius 3 is 2.52 bits per heavy atom. The molecule has 0 unspecified atom stereocenters. The number of thiophene rings is 1. The van der Waals surface area contributed by atoms with E-state index in [0.29, 0.717) is 20.5 Å². The number of hydrogen-bond donors (Lipinski definition) is 2. The fourth-order valence-electron chi connectivity index (χ4n) is 3.53. The van der Waals surface area contributed by atoms with Gasteiger partial charge in [-0.1, -0.05) is 11.6 Å². The molecule has 3 aromatic rings. The van der Waals surface area contributed by atoms with Crippen LogP contribution in [0.5, 0.6) is 5.75 Å². The van der Waals surface area contributed by atoms with Crippen LogP contribution in [-0.2, 0) is 10.0 Å². The highest BCUT2D eigenvalue weighted by atomic mass is 35.5. The third-order valence-corrected chi connectivity index (χ3v) is 8.50. The second kappa shape index (κ2) is 10.5. The van der Waals surface area contributed by atoms with Gasteiger partial charge >= 0.3 is 0 Å². The van der Waals surface area contributed by atoms with E-state index in [9.17, 15) is 8.42 Å². The highest BCUT2D eigenvalue weighted by molar-refractivity contribution is 7.94. The van der Waals surface area contributed by atoms with Crippen LogP contribution >= 0.6 is 47.8 Å². The highest BCUT2D eigenvalue weighted by Gasteiger charge is 2.23. The number of hydrogen-bond acceptors (Lipinski definition) is 6. The number of aryl methyl sites for hydroxylation is 1. The number of methoxy groups -OCH3 is 1. The van der Waals surface area contributed by atoms with Gasteiger partial charge in [-0.2, -0.15) is 0 Å². The van der Waals surface area contributed by atoms with Crippen LogP contribution in [0.4, 0.5) is 11.4 Å². The summed E-state index contributed by atoms with van der Waals surface area (Å²) in [7, 11) is -2.11. The predicted octanol–water partition coefficient (Wildman–Crippen LogP) is 4.93. The van der Waals surface area contributed by atoms with Crippen molar-refractivity contribution in [2.24, 2.45) is 0 Å². The average Bonchev–Trinajstić information content (AvgIpc) is 3.05. The van der Waals surface area contributed by atoms with Gasteiger partial charge in [0.05, 0.1) is 18.5 Å². The first-order chi connectivity index (χ1) is 13.9. The lowest BCUT2D eigenvalue weighted by Crippen LogP contribution is -2.43. The van der Waals surface area contributed by atoms with Crippen LogP contribution in [0.25, 0.3) is 10.1 Å². The SMILES string of the molecule is COc1ccc(NS(=O)(=O)c2sc3ccc(Cl)cc3c2C)cc1N1CCNCC1.Cl.Cl. The minimum absolute atomic E-state index is 0. The molecule has 2 aromatic carbocycles. The third-order valence-electron chi connectivity index (χ3n) is 4.99. The van der Waals surface area contributed by atoms with E-state index in [1.807, 2.05) is 19.1 Å². The van der Waals surface area contributed by atoms with Gasteiger partial charge in [-0.05, 0) is 54.3 Å². The number of nitrogens with one attached hydrogen (secondary N) is 2. The van der Waals surface area contributed by atoms with Crippen LogP contribution in [0.2, 0.25) is 5.02 Å². The normalized spacial score (nSPS) is 14.0. The molecule has 4 rings (SSSR count). The van der Waals surface area contributed by atoms with Gasteiger partial charge in [-0.15, -0.1) is 36.2 Å². The zero-order chi connectivity index (χ0) is 20.6. The van der Waals surface area contributed by atoms with E-state index < -0.39 is 10.0 Å². The first-order valence-electron chi connectivity index (χ1n) is 9.24. The number of fused-ring (bicyclic) bond motifs is 1. The Morgan fingerprint density at radius 2 is 1.84 bits per heavy atom. The van der Waals surface area contributed by atoms with Crippen LogP contribution in [-0.4, -0.2) is 41.7 Å². The molecule has 6 nitrogen and oxygen atoms in total. The van der Waals surface area contributed by atoms with Gasteiger partial charge in [0.25, 0.3) is 10.0 Å². The maximum Gasteiger partial charge on any atom is 0.271 e. The van der Waals surface area contributed by atoms with Crippen molar-refractivity contribution in [3.63, 3.8) is 0 Å². The van der Waals surface area contributed by atoms with Gasteiger partial charge in [0.15, 0.2) is 0 Å². The van der Waals surface area contributed by atoms with Crippen LogP contribution in [0, 0.1) is 6.92 Å². The molecule has 1 aromatic heterocycles. The van der Waals surface area contributed by atoms with Crippen LogP contribution in [0.15, 0.2) is 40.6 Å². The molecule has 31 heavy (non-hydrogen) atoms. The zero-order valence-corrected chi connectivity index (χ0v) is 21.0. The van der Waals surface area contributed by atoms with E-state index in [1.165, 1.54) is 11.3 Å². The van der Waals surface area contributed by atoms with Crippen LogP contribution in [0.1, 0.15) is 5.56 Å². The summed E-state index contributed by atoms with van der Waals surface area (Å²) < 4.78 is 35.7. The molecule has 2 heterocycles. The zero-order valence-electron chi connectivity index (χ0n) is 17.0. The number of benzene rings is 2. The standard InChI is InChI=1S/C20H22ClN3O3S2.2ClH/c1-13-16-11-14(21)3-6-19(16)28-20(13)29(25,26)23-15-4-5-18(27-2)17(12-15)24-9-7-22-8-10-24;;/h3-6,11-12,22-23H,7-10H2,1-2H3;2*1H. The van der Waals surface area contributed by atoms with Gasteiger partial charge in [0.1, 0.15) is 9.96 Å². The monoisotopic (exact) mass is 523 g/mol. The summed E-state index contributed by atoms with van der Waals surface area (Å²) in [5, 5.41) is 4.77. The van der Waals surface area contributed by atoms with Crippen molar-refractivity contribution in [2.45, 2.75) is 11.1 Å². The Labute approximate surface area is 203 Å². The summed E-state index contributed by atoms with van der Waals surface area (Å²) in [6.07, 6.45) is 0.